The Hall–Kier alpha value is -2.84. The molecule has 2 N–H and O–H groups in total. The molecular formula is C17H14ClN3O2. The van der Waals surface area contributed by atoms with Gasteiger partial charge in [0.1, 0.15) is 6.42 Å². The third-order valence-electron chi connectivity index (χ3n) is 3.07. The summed E-state index contributed by atoms with van der Waals surface area (Å²) in [7, 11) is 0. The van der Waals surface area contributed by atoms with Crippen molar-refractivity contribution in [3.05, 3.63) is 64.7 Å². The van der Waals surface area contributed by atoms with Crippen molar-refractivity contribution in [1.29, 1.82) is 5.26 Å². The van der Waals surface area contributed by atoms with Crippen LogP contribution in [-0.2, 0) is 11.3 Å². The number of para-hydroxylation sites is 1. The SMILES string of the molecule is N#CCC(=O)NCc1ccccc1NC(=O)c1cccc(Cl)c1. The fourth-order valence-electron chi connectivity index (χ4n) is 1.95. The lowest BCUT2D eigenvalue weighted by atomic mass is 10.1. The molecule has 2 aromatic carbocycles. The van der Waals surface area contributed by atoms with Crippen molar-refractivity contribution in [1.82, 2.24) is 5.32 Å². The van der Waals surface area contributed by atoms with E-state index in [0.717, 1.165) is 5.56 Å². The number of hydrogen-bond donors (Lipinski definition) is 2. The van der Waals surface area contributed by atoms with Gasteiger partial charge in [-0.15, -0.1) is 0 Å². The molecule has 0 unspecified atom stereocenters. The number of nitrogens with one attached hydrogen (secondary N) is 2. The van der Waals surface area contributed by atoms with E-state index in [-0.39, 0.29) is 24.8 Å². The van der Waals surface area contributed by atoms with E-state index < -0.39 is 0 Å². The standard InChI is InChI=1S/C17H14ClN3O2/c18-14-6-3-5-12(10-14)17(23)21-15-7-2-1-4-13(15)11-20-16(22)8-9-19/h1-7,10H,8,11H2,(H,20,22)(H,21,23). The van der Waals surface area contributed by atoms with Gasteiger partial charge in [-0.2, -0.15) is 5.26 Å². The normalized spacial score (nSPS) is 9.74. The first kappa shape index (κ1) is 16.5. The Labute approximate surface area is 138 Å². The molecule has 0 fully saturated rings. The summed E-state index contributed by atoms with van der Waals surface area (Å²) in [5, 5.41) is 14.4. The second-order valence-electron chi connectivity index (χ2n) is 4.73. The molecule has 0 bridgehead atoms. The smallest absolute Gasteiger partial charge is 0.255 e. The third kappa shape index (κ3) is 4.83. The van der Waals surface area contributed by atoms with Gasteiger partial charge in [0.2, 0.25) is 5.91 Å². The van der Waals surface area contributed by atoms with Crippen LogP contribution in [0.2, 0.25) is 5.02 Å². The van der Waals surface area contributed by atoms with Crippen LogP contribution in [0.4, 0.5) is 5.69 Å². The zero-order chi connectivity index (χ0) is 16.7. The van der Waals surface area contributed by atoms with Crippen molar-refractivity contribution in [2.75, 3.05) is 5.32 Å². The lowest BCUT2D eigenvalue weighted by Crippen LogP contribution is -2.23. The topological polar surface area (TPSA) is 82.0 Å². The number of benzene rings is 2. The van der Waals surface area contributed by atoms with Gasteiger partial charge in [0.15, 0.2) is 0 Å². The molecule has 0 atom stereocenters. The molecule has 2 aromatic rings. The number of hydrogen-bond acceptors (Lipinski definition) is 3. The predicted molar refractivity (Wildman–Crippen MR) is 87.9 cm³/mol. The highest BCUT2D eigenvalue weighted by Crippen LogP contribution is 2.17. The molecule has 0 aromatic heterocycles. The second-order valence-corrected chi connectivity index (χ2v) is 5.17. The molecule has 116 valence electrons. The monoisotopic (exact) mass is 327 g/mol. The van der Waals surface area contributed by atoms with Gasteiger partial charge in [-0.05, 0) is 29.8 Å². The lowest BCUT2D eigenvalue weighted by Gasteiger charge is -2.11. The zero-order valence-corrected chi connectivity index (χ0v) is 12.9. The van der Waals surface area contributed by atoms with Gasteiger partial charge in [-0.25, -0.2) is 0 Å². The Kier molecular flexibility index (Phi) is 5.73. The van der Waals surface area contributed by atoms with Crippen LogP contribution in [0.5, 0.6) is 0 Å². The summed E-state index contributed by atoms with van der Waals surface area (Å²) in [6.45, 7) is 0.229. The number of halogens is 1. The van der Waals surface area contributed by atoms with E-state index in [0.29, 0.717) is 16.3 Å². The van der Waals surface area contributed by atoms with Gasteiger partial charge < -0.3 is 10.6 Å². The molecule has 23 heavy (non-hydrogen) atoms. The number of rotatable bonds is 5. The highest BCUT2D eigenvalue weighted by Gasteiger charge is 2.10. The Balaban J connectivity index is 2.09. The van der Waals surface area contributed by atoms with Crippen LogP contribution in [0, 0.1) is 11.3 Å². The van der Waals surface area contributed by atoms with E-state index in [1.807, 2.05) is 0 Å². The first-order valence-electron chi connectivity index (χ1n) is 6.88. The van der Waals surface area contributed by atoms with E-state index in [1.165, 1.54) is 0 Å². The Morgan fingerprint density at radius 1 is 1.13 bits per heavy atom. The van der Waals surface area contributed by atoms with E-state index in [4.69, 9.17) is 16.9 Å². The van der Waals surface area contributed by atoms with Crippen LogP contribution in [0.15, 0.2) is 48.5 Å². The molecule has 6 heteroatoms. The van der Waals surface area contributed by atoms with Crippen molar-refractivity contribution >= 4 is 29.1 Å². The van der Waals surface area contributed by atoms with Crippen LogP contribution in [0.3, 0.4) is 0 Å². The average molecular weight is 328 g/mol. The Bertz CT molecular complexity index is 768. The third-order valence-corrected chi connectivity index (χ3v) is 3.30. The van der Waals surface area contributed by atoms with Gasteiger partial charge >= 0.3 is 0 Å². The van der Waals surface area contributed by atoms with E-state index in [1.54, 1.807) is 54.6 Å². The van der Waals surface area contributed by atoms with Crippen LogP contribution >= 0.6 is 11.6 Å². The quantitative estimate of drug-likeness (QED) is 0.885. The second kappa shape index (κ2) is 7.97. The number of anilines is 1. The van der Waals surface area contributed by atoms with Crippen molar-refractivity contribution in [3.63, 3.8) is 0 Å². The number of carbonyl (C=O) groups is 2. The van der Waals surface area contributed by atoms with Gasteiger partial charge in [-0.1, -0.05) is 35.9 Å². The maximum absolute atomic E-state index is 12.3. The van der Waals surface area contributed by atoms with Gasteiger partial charge in [0, 0.05) is 22.8 Å². The Morgan fingerprint density at radius 3 is 2.65 bits per heavy atom. The molecule has 0 saturated carbocycles. The molecule has 0 spiro atoms. The fraction of sp³-hybridized carbons (Fsp3) is 0.118. The summed E-state index contributed by atoms with van der Waals surface area (Å²) >= 11 is 5.88. The van der Waals surface area contributed by atoms with Crippen LogP contribution in [0.25, 0.3) is 0 Å². The Morgan fingerprint density at radius 2 is 1.91 bits per heavy atom. The highest BCUT2D eigenvalue weighted by molar-refractivity contribution is 6.31. The highest BCUT2D eigenvalue weighted by atomic mass is 35.5. The number of amides is 2. The van der Waals surface area contributed by atoms with Gasteiger partial charge in [0.05, 0.1) is 6.07 Å². The van der Waals surface area contributed by atoms with Crippen LogP contribution in [-0.4, -0.2) is 11.8 Å². The summed E-state index contributed by atoms with van der Waals surface area (Å²) in [5.41, 5.74) is 1.78. The minimum atomic E-state index is -0.358. The van der Waals surface area contributed by atoms with Crippen LogP contribution < -0.4 is 10.6 Å². The first-order chi connectivity index (χ1) is 11.1. The molecule has 0 aliphatic heterocycles. The summed E-state index contributed by atoms with van der Waals surface area (Å²) in [6.07, 6.45) is -0.197. The van der Waals surface area contributed by atoms with E-state index >= 15 is 0 Å². The molecule has 0 aliphatic carbocycles. The number of nitriles is 1. The van der Waals surface area contributed by atoms with Crippen molar-refractivity contribution in [2.24, 2.45) is 0 Å². The largest absolute Gasteiger partial charge is 0.351 e. The molecule has 2 rings (SSSR count). The zero-order valence-electron chi connectivity index (χ0n) is 12.2. The summed E-state index contributed by atoms with van der Waals surface area (Å²) in [6, 6.07) is 15.5. The molecular weight excluding hydrogens is 314 g/mol. The molecule has 0 heterocycles. The predicted octanol–water partition coefficient (Wildman–Crippen LogP) is 3.12. The van der Waals surface area contributed by atoms with E-state index in [9.17, 15) is 9.59 Å². The minimum absolute atomic E-state index is 0.197. The first-order valence-corrected chi connectivity index (χ1v) is 7.26. The fourth-order valence-corrected chi connectivity index (χ4v) is 2.14. The van der Waals surface area contributed by atoms with Gasteiger partial charge in [0.25, 0.3) is 5.91 Å². The maximum atomic E-state index is 12.3. The summed E-state index contributed by atoms with van der Waals surface area (Å²) in [5.74, 6) is -0.647. The van der Waals surface area contributed by atoms with Crippen molar-refractivity contribution in [2.45, 2.75) is 13.0 Å². The molecule has 0 aliphatic rings. The summed E-state index contributed by atoms with van der Waals surface area (Å²) < 4.78 is 0. The minimum Gasteiger partial charge on any atom is -0.351 e. The van der Waals surface area contributed by atoms with Crippen molar-refractivity contribution in [3.8, 4) is 6.07 Å². The van der Waals surface area contributed by atoms with Gasteiger partial charge in [-0.3, -0.25) is 9.59 Å². The van der Waals surface area contributed by atoms with Crippen LogP contribution in [0.1, 0.15) is 22.3 Å². The number of nitrogens with zero attached hydrogens (tertiary/aromatic N) is 1. The lowest BCUT2D eigenvalue weighted by molar-refractivity contribution is -0.120. The van der Waals surface area contributed by atoms with E-state index in [2.05, 4.69) is 10.6 Å². The average Bonchev–Trinajstić information content (AvgIpc) is 2.54. The molecule has 0 radical (unpaired) electrons. The van der Waals surface area contributed by atoms with Crippen molar-refractivity contribution < 1.29 is 9.59 Å². The molecule has 0 saturated heterocycles. The summed E-state index contributed by atoms with van der Waals surface area (Å²) in [4.78, 5) is 23.6. The molecule has 2 amide bonds. The number of carbonyl (C=O) groups excluding carboxylic acids is 2. The molecule has 5 nitrogen and oxygen atoms in total. The maximum Gasteiger partial charge on any atom is 0.255 e.